The molecular weight excluding hydrogens is 422 g/mol. The molecule has 0 N–H and O–H groups in total. The quantitative estimate of drug-likeness (QED) is 0.426. The van der Waals surface area contributed by atoms with Crippen LogP contribution in [0.4, 0.5) is 0 Å². The van der Waals surface area contributed by atoms with Gasteiger partial charge in [-0.3, -0.25) is 9.59 Å². The molecule has 6 nitrogen and oxygen atoms in total. The second-order valence-electron chi connectivity index (χ2n) is 8.27. The standard InChI is InChI=1S/C25H27N3O3S/c1-26(24(29)22-11-15-32-18-22)23(16-19-6-3-2-4-7-19)20-9-13-27(14-10-20)25(30)21-8-5-12-28(31)17-21/h2-8,11-12,15,17-18,20,23H,9-10,13-14,16H2,1H3/t23-/m1/s1. The molecule has 7 heteroatoms. The van der Waals surface area contributed by atoms with Crippen molar-refractivity contribution in [3.63, 3.8) is 0 Å². The number of hydrogen-bond acceptors (Lipinski definition) is 4. The number of rotatable bonds is 6. The largest absolute Gasteiger partial charge is 0.619 e. The summed E-state index contributed by atoms with van der Waals surface area (Å²) < 4.78 is 0.654. The summed E-state index contributed by atoms with van der Waals surface area (Å²) in [5.74, 6) is 0.206. The van der Waals surface area contributed by atoms with E-state index < -0.39 is 0 Å². The van der Waals surface area contributed by atoms with Crippen LogP contribution in [-0.2, 0) is 6.42 Å². The van der Waals surface area contributed by atoms with Gasteiger partial charge in [-0.05, 0) is 48.3 Å². The maximum absolute atomic E-state index is 13.1. The molecule has 3 aromatic rings. The number of likely N-dealkylation sites (N-methyl/N-ethyl adjacent to an activating group) is 1. The number of carbonyl (C=O) groups is 2. The lowest BCUT2D eigenvalue weighted by molar-refractivity contribution is -0.605. The third-order valence-electron chi connectivity index (χ3n) is 6.27. The van der Waals surface area contributed by atoms with E-state index in [1.165, 1.54) is 29.3 Å². The maximum atomic E-state index is 13.1. The fourth-order valence-electron chi connectivity index (χ4n) is 4.47. The van der Waals surface area contributed by atoms with Crippen molar-refractivity contribution in [2.24, 2.45) is 5.92 Å². The summed E-state index contributed by atoms with van der Waals surface area (Å²) in [5, 5.41) is 15.4. The Morgan fingerprint density at radius 3 is 2.53 bits per heavy atom. The number of piperidine rings is 1. The molecule has 1 atom stereocenters. The zero-order valence-corrected chi connectivity index (χ0v) is 18.9. The summed E-state index contributed by atoms with van der Waals surface area (Å²) in [5.41, 5.74) is 2.33. The number of amides is 2. The minimum Gasteiger partial charge on any atom is -0.619 e. The first-order valence-corrected chi connectivity index (χ1v) is 11.8. The van der Waals surface area contributed by atoms with Crippen LogP contribution in [0, 0.1) is 11.1 Å². The number of benzene rings is 1. The zero-order chi connectivity index (χ0) is 22.5. The Morgan fingerprint density at radius 2 is 1.88 bits per heavy atom. The summed E-state index contributed by atoms with van der Waals surface area (Å²) in [6, 6.07) is 15.4. The van der Waals surface area contributed by atoms with Crippen LogP contribution >= 0.6 is 11.3 Å². The van der Waals surface area contributed by atoms with Gasteiger partial charge >= 0.3 is 0 Å². The monoisotopic (exact) mass is 449 g/mol. The predicted octanol–water partition coefficient (Wildman–Crippen LogP) is 3.62. The Morgan fingerprint density at radius 1 is 1.12 bits per heavy atom. The van der Waals surface area contributed by atoms with Crippen LogP contribution in [0.15, 0.2) is 71.7 Å². The smallest absolute Gasteiger partial charge is 0.259 e. The Hall–Kier alpha value is -3.19. The molecule has 1 aliphatic rings. The molecule has 0 saturated carbocycles. The molecule has 2 amide bonds. The first kappa shape index (κ1) is 22.0. The molecule has 0 spiro atoms. The first-order valence-electron chi connectivity index (χ1n) is 10.8. The van der Waals surface area contributed by atoms with E-state index in [4.69, 9.17) is 0 Å². The van der Waals surface area contributed by atoms with Crippen molar-refractivity contribution in [2.75, 3.05) is 20.1 Å². The van der Waals surface area contributed by atoms with Crippen LogP contribution in [0.25, 0.3) is 0 Å². The molecule has 2 aromatic heterocycles. The molecule has 0 aliphatic carbocycles. The molecule has 1 saturated heterocycles. The highest BCUT2D eigenvalue weighted by atomic mass is 32.1. The minimum atomic E-state index is -0.115. The molecular formula is C25H27N3O3S. The van der Waals surface area contributed by atoms with Crippen molar-refractivity contribution in [3.8, 4) is 0 Å². The summed E-state index contributed by atoms with van der Waals surface area (Å²) in [6.45, 7) is 1.23. The molecule has 4 rings (SSSR count). The third-order valence-corrected chi connectivity index (χ3v) is 6.95. The molecule has 3 heterocycles. The van der Waals surface area contributed by atoms with E-state index >= 15 is 0 Å². The SMILES string of the molecule is CN(C(=O)c1ccsc1)[C@H](Cc1ccccc1)C1CCN(C(=O)c2ccc[n+]([O-])c2)CC1. The molecule has 1 fully saturated rings. The normalized spacial score (nSPS) is 15.3. The molecule has 166 valence electrons. The van der Waals surface area contributed by atoms with Crippen molar-refractivity contribution in [3.05, 3.63) is 93.6 Å². The van der Waals surface area contributed by atoms with Crippen molar-refractivity contribution in [2.45, 2.75) is 25.3 Å². The lowest BCUT2D eigenvalue weighted by atomic mass is 9.84. The van der Waals surface area contributed by atoms with Gasteiger partial charge in [-0.1, -0.05) is 30.3 Å². The Balaban J connectivity index is 1.48. The summed E-state index contributed by atoms with van der Waals surface area (Å²) in [6.07, 6.45) is 5.10. The van der Waals surface area contributed by atoms with Crippen LogP contribution in [0.5, 0.6) is 0 Å². The van der Waals surface area contributed by atoms with Gasteiger partial charge < -0.3 is 15.0 Å². The molecule has 32 heavy (non-hydrogen) atoms. The van der Waals surface area contributed by atoms with Crippen LogP contribution in [0.3, 0.4) is 0 Å². The van der Waals surface area contributed by atoms with Gasteiger partial charge in [-0.25, -0.2) is 0 Å². The van der Waals surface area contributed by atoms with Crippen molar-refractivity contribution < 1.29 is 14.3 Å². The fourth-order valence-corrected chi connectivity index (χ4v) is 5.10. The van der Waals surface area contributed by atoms with E-state index in [0.29, 0.717) is 23.4 Å². The molecule has 0 radical (unpaired) electrons. The van der Waals surface area contributed by atoms with Crippen molar-refractivity contribution >= 4 is 23.2 Å². The Kier molecular flexibility index (Phi) is 6.85. The topological polar surface area (TPSA) is 67.6 Å². The second-order valence-corrected chi connectivity index (χ2v) is 9.05. The number of carbonyl (C=O) groups excluding carboxylic acids is 2. The number of likely N-dealkylation sites (tertiary alicyclic amines) is 1. The second kappa shape index (κ2) is 9.96. The highest BCUT2D eigenvalue weighted by Crippen LogP contribution is 2.28. The lowest BCUT2D eigenvalue weighted by Gasteiger charge is -2.40. The first-order chi connectivity index (χ1) is 15.5. The van der Waals surface area contributed by atoms with E-state index in [9.17, 15) is 14.8 Å². The zero-order valence-electron chi connectivity index (χ0n) is 18.1. The third kappa shape index (κ3) is 4.99. The average molecular weight is 450 g/mol. The van der Waals surface area contributed by atoms with E-state index in [2.05, 4.69) is 12.1 Å². The van der Waals surface area contributed by atoms with E-state index in [-0.39, 0.29) is 23.8 Å². The highest BCUT2D eigenvalue weighted by Gasteiger charge is 2.33. The van der Waals surface area contributed by atoms with Crippen molar-refractivity contribution in [1.29, 1.82) is 0 Å². The van der Waals surface area contributed by atoms with Crippen LogP contribution in [-0.4, -0.2) is 47.8 Å². The van der Waals surface area contributed by atoms with Gasteiger partial charge in [0.05, 0.1) is 5.56 Å². The summed E-state index contributed by atoms with van der Waals surface area (Å²) in [7, 11) is 1.89. The Bertz CT molecular complexity index is 1050. The van der Waals surface area contributed by atoms with Gasteiger partial charge in [-0.15, -0.1) is 0 Å². The van der Waals surface area contributed by atoms with Gasteiger partial charge in [0.15, 0.2) is 12.4 Å². The average Bonchev–Trinajstić information content (AvgIpc) is 3.37. The molecule has 1 aliphatic heterocycles. The van der Waals surface area contributed by atoms with E-state index in [1.807, 2.05) is 51.9 Å². The van der Waals surface area contributed by atoms with Crippen LogP contribution < -0.4 is 4.73 Å². The van der Waals surface area contributed by atoms with Crippen molar-refractivity contribution in [1.82, 2.24) is 9.80 Å². The van der Waals surface area contributed by atoms with Crippen LogP contribution in [0.2, 0.25) is 0 Å². The fraction of sp³-hybridized carbons (Fsp3) is 0.320. The molecule has 0 unspecified atom stereocenters. The molecule has 1 aromatic carbocycles. The van der Waals surface area contributed by atoms with Crippen LogP contribution in [0.1, 0.15) is 39.1 Å². The van der Waals surface area contributed by atoms with Gasteiger partial charge in [0.1, 0.15) is 5.56 Å². The van der Waals surface area contributed by atoms with Gasteiger partial charge in [0.2, 0.25) is 0 Å². The lowest BCUT2D eigenvalue weighted by Crippen LogP contribution is -2.48. The highest BCUT2D eigenvalue weighted by molar-refractivity contribution is 7.08. The van der Waals surface area contributed by atoms with E-state index in [0.717, 1.165) is 24.8 Å². The number of hydrogen-bond donors (Lipinski definition) is 0. The predicted molar refractivity (Wildman–Crippen MR) is 124 cm³/mol. The minimum absolute atomic E-state index is 0.0370. The number of pyridine rings is 1. The maximum Gasteiger partial charge on any atom is 0.259 e. The Labute approximate surface area is 192 Å². The van der Waals surface area contributed by atoms with E-state index in [1.54, 1.807) is 12.1 Å². The summed E-state index contributed by atoms with van der Waals surface area (Å²) in [4.78, 5) is 29.6. The number of nitrogens with zero attached hydrogens (tertiary/aromatic N) is 3. The van der Waals surface area contributed by atoms with Gasteiger partial charge in [0, 0.05) is 37.6 Å². The molecule has 0 bridgehead atoms. The summed E-state index contributed by atoms with van der Waals surface area (Å²) >= 11 is 1.52. The van der Waals surface area contributed by atoms with Gasteiger partial charge in [-0.2, -0.15) is 16.1 Å². The van der Waals surface area contributed by atoms with Gasteiger partial charge in [0.25, 0.3) is 11.8 Å². The number of aromatic nitrogens is 1. The number of thiophene rings is 1.